The fourth-order valence-corrected chi connectivity index (χ4v) is 4.60. The third-order valence-corrected chi connectivity index (χ3v) is 6.34. The summed E-state index contributed by atoms with van der Waals surface area (Å²) in [5.41, 5.74) is 5.43. The SMILES string of the molecule is Cc1nc(CCCN(C)C2CC2)c2c(n1)C(C)(c1ccccc1)CCC2. The van der Waals surface area contributed by atoms with E-state index < -0.39 is 0 Å². The van der Waals surface area contributed by atoms with Gasteiger partial charge in [-0.1, -0.05) is 30.3 Å². The summed E-state index contributed by atoms with van der Waals surface area (Å²) >= 11 is 0. The summed E-state index contributed by atoms with van der Waals surface area (Å²) in [5.74, 6) is 0.929. The summed E-state index contributed by atoms with van der Waals surface area (Å²) in [4.78, 5) is 12.4. The Bertz CT molecular complexity index is 767. The van der Waals surface area contributed by atoms with Crippen molar-refractivity contribution in [3.63, 3.8) is 0 Å². The first kappa shape index (κ1) is 17.7. The zero-order valence-corrected chi connectivity index (χ0v) is 16.5. The van der Waals surface area contributed by atoms with Gasteiger partial charge >= 0.3 is 0 Å². The number of benzene rings is 1. The topological polar surface area (TPSA) is 29.0 Å². The van der Waals surface area contributed by atoms with Crippen molar-refractivity contribution in [1.82, 2.24) is 14.9 Å². The van der Waals surface area contributed by atoms with Crippen molar-refractivity contribution in [3.05, 3.63) is 58.7 Å². The fraction of sp³-hybridized carbons (Fsp3) is 0.565. The molecule has 3 nitrogen and oxygen atoms in total. The molecule has 2 aliphatic rings. The second kappa shape index (κ2) is 7.11. The van der Waals surface area contributed by atoms with Gasteiger partial charge in [-0.25, -0.2) is 9.97 Å². The van der Waals surface area contributed by atoms with E-state index in [0.29, 0.717) is 0 Å². The molecule has 4 rings (SSSR count). The Balaban J connectivity index is 1.61. The average Bonchev–Trinajstić information content (AvgIpc) is 3.48. The average molecular weight is 350 g/mol. The number of nitrogens with zero attached hydrogens (tertiary/aromatic N) is 3. The molecule has 1 saturated carbocycles. The minimum atomic E-state index is 0.0160. The van der Waals surface area contributed by atoms with Crippen LogP contribution in [0.3, 0.4) is 0 Å². The minimum absolute atomic E-state index is 0.0160. The molecular formula is C23H31N3. The first-order valence-corrected chi connectivity index (χ1v) is 10.2. The molecule has 1 fully saturated rings. The monoisotopic (exact) mass is 349 g/mol. The van der Waals surface area contributed by atoms with E-state index in [1.165, 1.54) is 61.2 Å². The number of hydrogen-bond donors (Lipinski definition) is 0. The van der Waals surface area contributed by atoms with E-state index in [1.54, 1.807) is 0 Å². The van der Waals surface area contributed by atoms with Crippen LogP contribution >= 0.6 is 0 Å². The molecule has 1 aromatic carbocycles. The van der Waals surface area contributed by atoms with Crippen LogP contribution in [-0.2, 0) is 18.3 Å². The van der Waals surface area contributed by atoms with E-state index in [0.717, 1.165) is 24.7 Å². The van der Waals surface area contributed by atoms with Crippen molar-refractivity contribution in [2.45, 2.75) is 70.3 Å². The van der Waals surface area contributed by atoms with Crippen LogP contribution in [0.5, 0.6) is 0 Å². The van der Waals surface area contributed by atoms with E-state index in [2.05, 4.69) is 56.1 Å². The quantitative estimate of drug-likeness (QED) is 0.771. The maximum absolute atomic E-state index is 4.96. The van der Waals surface area contributed by atoms with Gasteiger partial charge in [-0.15, -0.1) is 0 Å². The third-order valence-electron chi connectivity index (χ3n) is 6.34. The molecule has 0 radical (unpaired) electrons. The van der Waals surface area contributed by atoms with E-state index in [9.17, 15) is 0 Å². The summed E-state index contributed by atoms with van der Waals surface area (Å²) in [5, 5.41) is 0. The summed E-state index contributed by atoms with van der Waals surface area (Å²) in [6, 6.07) is 11.8. The lowest BCUT2D eigenvalue weighted by molar-refractivity contribution is 0.319. The maximum atomic E-state index is 4.96. The number of rotatable bonds is 6. The lowest BCUT2D eigenvalue weighted by atomic mass is 9.69. The van der Waals surface area contributed by atoms with Gasteiger partial charge < -0.3 is 4.90 Å². The van der Waals surface area contributed by atoms with Gasteiger partial charge in [0.05, 0.1) is 5.69 Å². The van der Waals surface area contributed by atoms with Crippen LogP contribution in [0.2, 0.25) is 0 Å². The zero-order chi connectivity index (χ0) is 18.1. The zero-order valence-electron chi connectivity index (χ0n) is 16.5. The van der Waals surface area contributed by atoms with Crippen LogP contribution in [0.15, 0.2) is 30.3 Å². The van der Waals surface area contributed by atoms with Gasteiger partial charge in [0.25, 0.3) is 0 Å². The van der Waals surface area contributed by atoms with E-state index >= 15 is 0 Å². The molecular weight excluding hydrogens is 318 g/mol. The first-order chi connectivity index (χ1) is 12.6. The van der Waals surface area contributed by atoms with Crippen molar-refractivity contribution in [2.75, 3.05) is 13.6 Å². The Labute approximate surface area is 157 Å². The number of aryl methyl sites for hydroxylation is 2. The number of hydrogen-bond acceptors (Lipinski definition) is 3. The van der Waals surface area contributed by atoms with Crippen molar-refractivity contribution in [3.8, 4) is 0 Å². The molecule has 0 bridgehead atoms. The largest absolute Gasteiger partial charge is 0.303 e. The number of fused-ring (bicyclic) bond motifs is 1. The minimum Gasteiger partial charge on any atom is -0.303 e. The Kier molecular flexibility index (Phi) is 4.83. The highest BCUT2D eigenvalue weighted by Crippen LogP contribution is 2.42. The molecule has 2 aliphatic carbocycles. The molecule has 0 spiro atoms. The smallest absolute Gasteiger partial charge is 0.125 e. The molecule has 1 unspecified atom stereocenters. The molecule has 1 heterocycles. The molecule has 1 atom stereocenters. The normalized spacial score (nSPS) is 22.5. The van der Waals surface area contributed by atoms with Crippen molar-refractivity contribution < 1.29 is 0 Å². The van der Waals surface area contributed by atoms with Crippen molar-refractivity contribution in [1.29, 1.82) is 0 Å². The van der Waals surface area contributed by atoms with Crippen LogP contribution in [0.4, 0.5) is 0 Å². The number of aromatic nitrogens is 2. The van der Waals surface area contributed by atoms with Gasteiger partial charge in [0.15, 0.2) is 0 Å². The molecule has 0 saturated heterocycles. The lowest BCUT2D eigenvalue weighted by Gasteiger charge is -2.36. The van der Waals surface area contributed by atoms with Gasteiger partial charge in [0.1, 0.15) is 5.82 Å². The van der Waals surface area contributed by atoms with Gasteiger partial charge in [0.2, 0.25) is 0 Å². The molecule has 0 aliphatic heterocycles. The van der Waals surface area contributed by atoms with Crippen molar-refractivity contribution in [2.24, 2.45) is 0 Å². The predicted octanol–water partition coefficient (Wildman–Crippen LogP) is 4.45. The molecule has 26 heavy (non-hydrogen) atoms. The molecule has 2 aromatic rings. The van der Waals surface area contributed by atoms with Crippen LogP contribution in [0.25, 0.3) is 0 Å². The summed E-state index contributed by atoms with van der Waals surface area (Å²) in [6.45, 7) is 5.61. The Morgan fingerprint density at radius 3 is 2.65 bits per heavy atom. The van der Waals surface area contributed by atoms with Gasteiger partial charge in [0, 0.05) is 17.2 Å². The molecule has 3 heteroatoms. The van der Waals surface area contributed by atoms with Gasteiger partial charge in [-0.2, -0.15) is 0 Å². The van der Waals surface area contributed by atoms with E-state index in [-0.39, 0.29) is 5.41 Å². The second-order valence-corrected chi connectivity index (χ2v) is 8.41. The highest BCUT2D eigenvalue weighted by molar-refractivity contribution is 5.43. The van der Waals surface area contributed by atoms with E-state index in [4.69, 9.17) is 9.97 Å². The molecule has 1 aromatic heterocycles. The Hall–Kier alpha value is -1.74. The highest BCUT2D eigenvalue weighted by Gasteiger charge is 2.36. The molecule has 0 amide bonds. The predicted molar refractivity (Wildman–Crippen MR) is 107 cm³/mol. The third kappa shape index (κ3) is 3.42. The first-order valence-electron chi connectivity index (χ1n) is 10.2. The Morgan fingerprint density at radius 2 is 1.92 bits per heavy atom. The Morgan fingerprint density at radius 1 is 1.15 bits per heavy atom. The lowest BCUT2D eigenvalue weighted by Crippen LogP contribution is -2.32. The van der Waals surface area contributed by atoms with Crippen LogP contribution < -0.4 is 0 Å². The summed E-state index contributed by atoms with van der Waals surface area (Å²) in [6.07, 6.45) is 8.56. The van der Waals surface area contributed by atoms with Crippen LogP contribution in [0, 0.1) is 6.92 Å². The second-order valence-electron chi connectivity index (χ2n) is 8.41. The molecule has 138 valence electrons. The maximum Gasteiger partial charge on any atom is 0.125 e. The highest BCUT2D eigenvalue weighted by atomic mass is 15.1. The fourth-order valence-electron chi connectivity index (χ4n) is 4.60. The van der Waals surface area contributed by atoms with Crippen LogP contribution in [-0.4, -0.2) is 34.5 Å². The van der Waals surface area contributed by atoms with Gasteiger partial charge in [-0.3, -0.25) is 0 Å². The van der Waals surface area contributed by atoms with Crippen LogP contribution in [0.1, 0.15) is 67.4 Å². The van der Waals surface area contributed by atoms with E-state index in [1.807, 2.05) is 0 Å². The summed E-state index contributed by atoms with van der Waals surface area (Å²) < 4.78 is 0. The van der Waals surface area contributed by atoms with Gasteiger partial charge in [-0.05, 0) is 83.5 Å². The summed E-state index contributed by atoms with van der Waals surface area (Å²) in [7, 11) is 2.27. The standard InChI is InChI=1S/C23H31N3/c1-17-24-21(12-8-16-26(3)19-13-14-19)20-11-7-15-23(2,22(20)25-17)18-9-5-4-6-10-18/h4-6,9-10,19H,7-8,11-16H2,1-3H3. The van der Waals surface area contributed by atoms with Crippen molar-refractivity contribution >= 4 is 0 Å². The molecule has 0 N–H and O–H groups in total.